The molecule has 0 fully saturated rings. The predicted molar refractivity (Wildman–Crippen MR) is 70.3 cm³/mol. The number of hydrogen-bond acceptors (Lipinski definition) is 4. The molecule has 5 nitrogen and oxygen atoms in total. The molecule has 1 amide bonds. The summed E-state index contributed by atoms with van der Waals surface area (Å²) >= 11 is 0. The summed E-state index contributed by atoms with van der Waals surface area (Å²) in [4.78, 5) is 13.4. The van der Waals surface area contributed by atoms with Crippen LogP contribution in [0.2, 0.25) is 0 Å². The van der Waals surface area contributed by atoms with Crippen molar-refractivity contribution in [3.8, 4) is 12.1 Å². The van der Waals surface area contributed by atoms with Gasteiger partial charge in [0.15, 0.2) is 0 Å². The van der Waals surface area contributed by atoms with Crippen molar-refractivity contribution in [2.75, 3.05) is 13.1 Å². The molecule has 1 aromatic carbocycles. The average Bonchev–Trinajstić information content (AvgIpc) is 2.45. The van der Waals surface area contributed by atoms with Crippen molar-refractivity contribution >= 4 is 5.91 Å². The third kappa shape index (κ3) is 3.80. The summed E-state index contributed by atoms with van der Waals surface area (Å²) < 4.78 is 0. The number of carbonyl (C=O) groups excluding carboxylic acids is 1. The van der Waals surface area contributed by atoms with E-state index >= 15 is 0 Å². The predicted octanol–water partition coefficient (Wildman–Crippen LogP) is 1.20. The van der Waals surface area contributed by atoms with E-state index in [9.17, 15) is 4.79 Å². The van der Waals surface area contributed by atoms with Crippen molar-refractivity contribution in [2.45, 2.75) is 13.0 Å². The van der Waals surface area contributed by atoms with Crippen LogP contribution in [0.25, 0.3) is 0 Å². The van der Waals surface area contributed by atoms with E-state index in [2.05, 4.69) is 0 Å². The van der Waals surface area contributed by atoms with Crippen LogP contribution < -0.4 is 5.73 Å². The third-order valence-corrected chi connectivity index (χ3v) is 2.95. The van der Waals surface area contributed by atoms with Crippen molar-refractivity contribution < 1.29 is 4.79 Å². The van der Waals surface area contributed by atoms with Crippen molar-refractivity contribution in [2.24, 2.45) is 11.7 Å². The van der Waals surface area contributed by atoms with Crippen LogP contribution in [0.3, 0.4) is 0 Å². The molecular formula is C14H16N4O. The third-order valence-electron chi connectivity index (χ3n) is 2.95. The van der Waals surface area contributed by atoms with Gasteiger partial charge in [0.2, 0.25) is 5.91 Å². The lowest BCUT2D eigenvalue weighted by atomic mass is 9.94. The normalized spacial score (nSPS) is 12.8. The van der Waals surface area contributed by atoms with E-state index in [1.54, 1.807) is 6.92 Å². The van der Waals surface area contributed by atoms with Crippen LogP contribution >= 0.6 is 0 Å². The Bertz CT molecular complexity index is 484. The molecule has 98 valence electrons. The second kappa shape index (κ2) is 7.15. The molecule has 0 aromatic heterocycles. The van der Waals surface area contributed by atoms with Gasteiger partial charge in [-0.15, -0.1) is 0 Å². The Labute approximate surface area is 112 Å². The minimum atomic E-state index is -0.482. The molecule has 0 aliphatic heterocycles. The van der Waals surface area contributed by atoms with Crippen LogP contribution in [-0.4, -0.2) is 23.9 Å². The molecule has 2 atom stereocenters. The SMILES string of the molecule is CC(C(=O)N(CC#N)CC#N)C(N)c1ccccc1. The Hall–Kier alpha value is -2.37. The fourth-order valence-electron chi connectivity index (χ4n) is 1.79. The highest BCUT2D eigenvalue weighted by Gasteiger charge is 2.26. The van der Waals surface area contributed by atoms with Gasteiger partial charge in [-0.2, -0.15) is 10.5 Å². The van der Waals surface area contributed by atoms with Crippen LogP contribution in [-0.2, 0) is 4.79 Å². The topological polar surface area (TPSA) is 93.9 Å². The Morgan fingerprint density at radius 3 is 2.26 bits per heavy atom. The zero-order valence-corrected chi connectivity index (χ0v) is 10.8. The van der Waals surface area contributed by atoms with E-state index in [0.29, 0.717) is 0 Å². The summed E-state index contributed by atoms with van der Waals surface area (Å²) in [5.74, 6) is -0.761. The zero-order chi connectivity index (χ0) is 14.3. The average molecular weight is 256 g/mol. The van der Waals surface area contributed by atoms with E-state index in [4.69, 9.17) is 16.3 Å². The lowest BCUT2D eigenvalue weighted by Gasteiger charge is -2.25. The Morgan fingerprint density at radius 1 is 1.26 bits per heavy atom. The van der Waals surface area contributed by atoms with Gasteiger partial charge in [-0.1, -0.05) is 37.3 Å². The van der Waals surface area contributed by atoms with E-state index in [1.165, 1.54) is 4.90 Å². The van der Waals surface area contributed by atoms with Crippen LogP contribution in [0, 0.1) is 28.6 Å². The Balaban J connectivity index is 2.81. The molecule has 0 saturated carbocycles. The van der Waals surface area contributed by atoms with E-state index < -0.39 is 12.0 Å². The van der Waals surface area contributed by atoms with Gasteiger partial charge in [-0.3, -0.25) is 4.79 Å². The highest BCUT2D eigenvalue weighted by molar-refractivity contribution is 5.80. The monoisotopic (exact) mass is 256 g/mol. The largest absolute Gasteiger partial charge is 0.323 e. The molecule has 0 aliphatic rings. The quantitative estimate of drug-likeness (QED) is 0.801. The van der Waals surface area contributed by atoms with Gasteiger partial charge in [0, 0.05) is 6.04 Å². The summed E-state index contributed by atoms with van der Waals surface area (Å²) in [7, 11) is 0. The van der Waals surface area contributed by atoms with Crippen molar-refractivity contribution in [3.63, 3.8) is 0 Å². The van der Waals surface area contributed by atoms with Crippen LogP contribution in [0.15, 0.2) is 30.3 Å². The highest BCUT2D eigenvalue weighted by atomic mass is 16.2. The van der Waals surface area contributed by atoms with Crippen LogP contribution in [0.5, 0.6) is 0 Å². The molecule has 0 bridgehead atoms. The van der Waals surface area contributed by atoms with Crippen molar-refractivity contribution in [1.29, 1.82) is 10.5 Å². The summed E-state index contributed by atoms with van der Waals surface area (Å²) in [6, 6.07) is 12.6. The molecule has 1 rings (SSSR count). The molecule has 0 aliphatic carbocycles. The van der Waals surface area contributed by atoms with Gasteiger partial charge < -0.3 is 10.6 Å². The van der Waals surface area contributed by atoms with Crippen molar-refractivity contribution in [1.82, 2.24) is 4.90 Å². The number of amides is 1. The summed E-state index contributed by atoms with van der Waals surface area (Å²) in [5, 5.41) is 17.3. The Kier molecular flexibility index (Phi) is 5.53. The van der Waals surface area contributed by atoms with Crippen LogP contribution in [0.1, 0.15) is 18.5 Å². The molecular weight excluding hydrogens is 240 g/mol. The first kappa shape index (κ1) is 14.7. The number of rotatable bonds is 5. The maximum atomic E-state index is 12.2. The molecule has 0 heterocycles. The maximum absolute atomic E-state index is 12.2. The summed E-state index contributed by atoms with van der Waals surface area (Å²) in [5.41, 5.74) is 6.91. The van der Waals surface area contributed by atoms with Gasteiger partial charge in [-0.25, -0.2) is 0 Å². The molecule has 2 unspecified atom stereocenters. The van der Waals surface area contributed by atoms with E-state index in [1.807, 2.05) is 42.5 Å². The molecule has 0 spiro atoms. The lowest BCUT2D eigenvalue weighted by Crippen LogP contribution is -2.39. The second-order valence-corrected chi connectivity index (χ2v) is 4.24. The smallest absolute Gasteiger partial charge is 0.229 e. The number of nitrogens with two attached hydrogens (primary N) is 1. The van der Waals surface area contributed by atoms with Gasteiger partial charge in [0.25, 0.3) is 0 Å². The standard InChI is InChI=1S/C14H16N4O/c1-11(13(17)12-5-3-2-4-6-12)14(19)18(9-7-15)10-8-16/h2-6,11,13H,9-10,17H2,1H3. The van der Waals surface area contributed by atoms with Gasteiger partial charge in [0.05, 0.1) is 18.1 Å². The fourth-order valence-corrected chi connectivity index (χ4v) is 1.79. The van der Waals surface area contributed by atoms with E-state index in [-0.39, 0.29) is 19.0 Å². The number of carbonyl (C=O) groups is 1. The number of benzene rings is 1. The highest BCUT2D eigenvalue weighted by Crippen LogP contribution is 2.20. The molecule has 1 aromatic rings. The number of nitriles is 2. The van der Waals surface area contributed by atoms with Gasteiger partial charge >= 0.3 is 0 Å². The first-order valence-electron chi connectivity index (χ1n) is 5.95. The van der Waals surface area contributed by atoms with Gasteiger partial charge in [0.1, 0.15) is 13.1 Å². The zero-order valence-electron chi connectivity index (χ0n) is 10.8. The molecule has 5 heteroatoms. The van der Waals surface area contributed by atoms with Crippen LogP contribution in [0.4, 0.5) is 0 Å². The second-order valence-electron chi connectivity index (χ2n) is 4.24. The molecule has 19 heavy (non-hydrogen) atoms. The lowest BCUT2D eigenvalue weighted by molar-refractivity contribution is -0.134. The number of hydrogen-bond donors (Lipinski definition) is 1. The van der Waals surface area contributed by atoms with Crippen molar-refractivity contribution in [3.05, 3.63) is 35.9 Å². The fraction of sp³-hybridized carbons (Fsp3) is 0.357. The molecule has 0 saturated heterocycles. The minimum absolute atomic E-state index is 0.0990. The summed E-state index contributed by atoms with van der Waals surface area (Å²) in [6.07, 6.45) is 0. The first-order valence-corrected chi connectivity index (χ1v) is 5.95. The van der Waals surface area contributed by atoms with E-state index in [0.717, 1.165) is 5.56 Å². The van der Waals surface area contributed by atoms with Gasteiger partial charge in [-0.05, 0) is 5.56 Å². The molecule has 2 N–H and O–H groups in total. The molecule has 0 radical (unpaired) electrons. The Morgan fingerprint density at radius 2 is 1.79 bits per heavy atom. The maximum Gasteiger partial charge on any atom is 0.229 e. The number of nitrogens with zero attached hydrogens (tertiary/aromatic N) is 3. The summed E-state index contributed by atoms with van der Waals surface area (Å²) in [6.45, 7) is 1.51. The first-order chi connectivity index (χ1) is 9.11. The minimum Gasteiger partial charge on any atom is -0.323 e.